The molecule has 24 heavy (non-hydrogen) atoms. The third-order valence-electron chi connectivity index (χ3n) is 3.31. The first-order chi connectivity index (χ1) is 11.7. The molecule has 0 saturated heterocycles. The molecule has 2 aromatic heterocycles. The third kappa shape index (κ3) is 3.61. The van der Waals surface area contributed by atoms with Crippen LogP contribution in [0.4, 0.5) is 5.82 Å². The number of nitrogens with two attached hydrogens (primary N) is 1. The summed E-state index contributed by atoms with van der Waals surface area (Å²) in [6, 6.07) is 10.2. The Balaban J connectivity index is 1.85. The number of carbonyl (C=O) groups excluding carboxylic acids is 1. The summed E-state index contributed by atoms with van der Waals surface area (Å²) >= 11 is 5.97. The van der Waals surface area contributed by atoms with Gasteiger partial charge < -0.3 is 15.8 Å². The predicted octanol–water partition coefficient (Wildman–Crippen LogP) is 2.87. The minimum absolute atomic E-state index is 0.284. The molecule has 1 aromatic carbocycles. The largest absolute Gasteiger partial charge is 0.492 e. The number of carbonyl (C=O) groups is 1. The van der Waals surface area contributed by atoms with Gasteiger partial charge in [-0.2, -0.15) is 0 Å². The van der Waals surface area contributed by atoms with Crippen molar-refractivity contribution in [2.75, 3.05) is 18.5 Å². The van der Waals surface area contributed by atoms with Crippen LogP contribution in [0.1, 0.15) is 10.4 Å². The van der Waals surface area contributed by atoms with E-state index >= 15 is 0 Å². The van der Waals surface area contributed by atoms with Crippen molar-refractivity contribution in [1.82, 2.24) is 9.97 Å². The normalized spacial score (nSPS) is 10.6. The molecule has 3 aromatic rings. The molecule has 0 atom stereocenters. The van der Waals surface area contributed by atoms with Crippen LogP contribution in [-0.4, -0.2) is 29.0 Å². The molecule has 0 fully saturated rings. The van der Waals surface area contributed by atoms with Gasteiger partial charge in [0.1, 0.15) is 18.2 Å². The van der Waals surface area contributed by atoms with Crippen molar-refractivity contribution < 1.29 is 9.53 Å². The molecule has 1 amide bonds. The number of halogens is 1. The van der Waals surface area contributed by atoms with E-state index in [0.29, 0.717) is 40.8 Å². The van der Waals surface area contributed by atoms with Crippen molar-refractivity contribution in [2.45, 2.75) is 0 Å². The Morgan fingerprint density at radius 3 is 2.83 bits per heavy atom. The highest BCUT2D eigenvalue weighted by atomic mass is 35.5. The van der Waals surface area contributed by atoms with Crippen LogP contribution in [-0.2, 0) is 0 Å². The number of rotatable bonds is 5. The third-order valence-corrected chi connectivity index (χ3v) is 3.54. The number of nitrogens with one attached hydrogen (secondary N) is 1. The lowest BCUT2D eigenvalue weighted by Crippen LogP contribution is -2.14. The maximum atomic E-state index is 12.6. The summed E-state index contributed by atoms with van der Waals surface area (Å²) in [6.07, 6.45) is 3.13. The lowest BCUT2D eigenvalue weighted by molar-refractivity contribution is 0.102. The van der Waals surface area contributed by atoms with Crippen molar-refractivity contribution in [3.63, 3.8) is 0 Å². The number of ether oxygens (including phenoxy) is 1. The molecule has 0 unspecified atom stereocenters. The fourth-order valence-electron chi connectivity index (χ4n) is 2.25. The second-order valence-corrected chi connectivity index (χ2v) is 5.42. The maximum absolute atomic E-state index is 12.6. The molecule has 0 aliphatic rings. The molecule has 0 aliphatic heterocycles. The number of hydrogen-bond acceptors (Lipinski definition) is 5. The van der Waals surface area contributed by atoms with E-state index in [9.17, 15) is 4.79 Å². The predicted molar refractivity (Wildman–Crippen MR) is 93.5 cm³/mol. The quantitative estimate of drug-likeness (QED) is 0.744. The highest BCUT2D eigenvalue weighted by Gasteiger charge is 2.12. The lowest BCUT2D eigenvalue weighted by Gasteiger charge is -2.09. The zero-order chi connectivity index (χ0) is 16.9. The summed E-state index contributed by atoms with van der Waals surface area (Å²) in [5.41, 5.74) is 6.56. The Morgan fingerprint density at radius 2 is 2.00 bits per heavy atom. The molecule has 2 heterocycles. The lowest BCUT2D eigenvalue weighted by atomic mass is 10.1. The zero-order valence-corrected chi connectivity index (χ0v) is 13.5. The van der Waals surface area contributed by atoms with Gasteiger partial charge in [0.2, 0.25) is 0 Å². The van der Waals surface area contributed by atoms with E-state index in [1.807, 2.05) is 0 Å². The molecular weight excluding hydrogens is 328 g/mol. The summed E-state index contributed by atoms with van der Waals surface area (Å²) in [4.78, 5) is 20.9. The number of amides is 1. The molecule has 3 N–H and O–H groups in total. The molecule has 122 valence electrons. The Morgan fingerprint density at radius 1 is 1.17 bits per heavy atom. The first-order valence-corrected chi connectivity index (χ1v) is 7.70. The molecule has 3 rings (SSSR count). The first kappa shape index (κ1) is 16.2. The van der Waals surface area contributed by atoms with Crippen molar-refractivity contribution in [3.8, 4) is 5.75 Å². The number of hydrogen-bond donors (Lipinski definition) is 2. The van der Waals surface area contributed by atoms with Crippen LogP contribution in [0.2, 0.25) is 5.02 Å². The average Bonchev–Trinajstić information content (AvgIpc) is 2.59. The Kier molecular flexibility index (Phi) is 4.88. The van der Waals surface area contributed by atoms with E-state index in [2.05, 4.69) is 15.3 Å². The van der Waals surface area contributed by atoms with Gasteiger partial charge in [0.05, 0.1) is 11.1 Å². The minimum atomic E-state index is -0.284. The zero-order valence-electron chi connectivity index (χ0n) is 12.7. The Hall–Kier alpha value is -2.70. The second kappa shape index (κ2) is 7.25. The number of fused-ring (bicyclic) bond motifs is 1. The number of anilines is 1. The van der Waals surface area contributed by atoms with E-state index in [4.69, 9.17) is 22.1 Å². The van der Waals surface area contributed by atoms with Crippen LogP contribution in [0.5, 0.6) is 5.75 Å². The van der Waals surface area contributed by atoms with Gasteiger partial charge in [-0.05, 0) is 24.3 Å². The highest BCUT2D eigenvalue weighted by molar-refractivity contribution is 6.31. The fraction of sp³-hybridized carbons (Fsp3) is 0.118. The minimum Gasteiger partial charge on any atom is -0.492 e. The summed E-state index contributed by atoms with van der Waals surface area (Å²) in [6.45, 7) is 0.808. The van der Waals surface area contributed by atoms with E-state index in [-0.39, 0.29) is 5.91 Å². The van der Waals surface area contributed by atoms with Crippen LogP contribution in [0.25, 0.3) is 10.9 Å². The van der Waals surface area contributed by atoms with Crippen molar-refractivity contribution in [3.05, 3.63) is 59.4 Å². The molecule has 0 spiro atoms. The number of pyridine rings is 2. The summed E-state index contributed by atoms with van der Waals surface area (Å²) in [5.74, 6) is 0.707. The molecule has 7 heteroatoms. The van der Waals surface area contributed by atoms with Gasteiger partial charge in [-0.15, -0.1) is 0 Å². The van der Waals surface area contributed by atoms with E-state index in [1.54, 1.807) is 48.8 Å². The van der Waals surface area contributed by atoms with Crippen LogP contribution >= 0.6 is 11.6 Å². The van der Waals surface area contributed by atoms with Crippen LogP contribution in [0.15, 0.2) is 48.8 Å². The maximum Gasteiger partial charge on any atom is 0.257 e. The van der Waals surface area contributed by atoms with Gasteiger partial charge in [0.25, 0.3) is 5.91 Å². The first-order valence-electron chi connectivity index (χ1n) is 7.32. The molecule has 0 saturated carbocycles. The van der Waals surface area contributed by atoms with Crippen LogP contribution < -0.4 is 15.8 Å². The van der Waals surface area contributed by atoms with Gasteiger partial charge >= 0.3 is 0 Å². The van der Waals surface area contributed by atoms with Gasteiger partial charge in [-0.1, -0.05) is 17.7 Å². The average molecular weight is 343 g/mol. The second-order valence-electron chi connectivity index (χ2n) is 4.99. The standard InChI is InChI=1S/C17H15ClN4O2/c18-11-1-2-13-14(4-7-20-15(13)9-11)17(23)22-16-10-12(3-6-21-16)24-8-5-19/h1-4,6-7,9-10H,5,8,19H2,(H,21,22,23). The van der Waals surface area contributed by atoms with Crippen molar-refractivity contribution >= 4 is 34.2 Å². The van der Waals surface area contributed by atoms with Crippen molar-refractivity contribution in [1.29, 1.82) is 0 Å². The van der Waals surface area contributed by atoms with Gasteiger partial charge in [-0.3, -0.25) is 9.78 Å². The van der Waals surface area contributed by atoms with Gasteiger partial charge in [0.15, 0.2) is 0 Å². The van der Waals surface area contributed by atoms with E-state index in [1.165, 1.54) is 0 Å². The van der Waals surface area contributed by atoms with Gasteiger partial charge in [0, 0.05) is 35.4 Å². The molecule has 0 aliphatic carbocycles. The monoisotopic (exact) mass is 342 g/mol. The van der Waals surface area contributed by atoms with Crippen molar-refractivity contribution in [2.24, 2.45) is 5.73 Å². The van der Waals surface area contributed by atoms with E-state index in [0.717, 1.165) is 5.39 Å². The number of nitrogens with zero attached hydrogens (tertiary/aromatic N) is 2. The molecule has 6 nitrogen and oxygen atoms in total. The molecule has 0 bridgehead atoms. The smallest absolute Gasteiger partial charge is 0.257 e. The summed E-state index contributed by atoms with van der Waals surface area (Å²) in [5, 5.41) is 4.05. The summed E-state index contributed by atoms with van der Waals surface area (Å²) in [7, 11) is 0. The Bertz CT molecular complexity index is 885. The Labute approximate surface area is 143 Å². The SMILES string of the molecule is NCCOc1ccnc(NC(=O)c2ccnc3cc(Cl)ccc23)c1. The van der Waals surface area contributed by atoms with Crippen LogP contribution in [0, 0.1) is 0 Å². The molecule has 0 radical (unpaired) electrons. The van der Waals surface area contributed by atoms with E-state index < -0.39 is 0 Å². The number of benzene rings is 1. The fourth-order valence-corrected chi connectivity index (χ4v) is 2.42. The summed E-state index contributed by atoms with van der Waals surface area (Å²) < 4.78 is 5.43. The van der Waals surface area contributed by atoms with Gasteiger partial charge in [-0.25, -0.2) is 4.98 Å². The van der Waals surface area contributed by atoms with Crippen LogP contribution in [0.3, 0.4) is 0 Å². The molecular formula is C17H15ClN4O2. The topological polar surface area (TPSA) is 90.1 Å². The highest BCUT2D eigenvalue weighted by Crippen LogP contribution is 2.22. The number of aromatic nitrogens is 2.